The summed E-state index contributed by atoms with van der Waals surface area (Å²) >= 11 is 0. The van der Waals surface area contributed by atoms with E-state index in [1.165, 1.54) is 56.4 Å². The summed E-state index contributed by atoms with van der Waals surface area (Å²) in [4.78, 5) is 2.60. The number of nitrogens with one attached hydrogen (secondary N) is 1. The Kier molecular flexibility index (Phi) is 7.06. The van der Waals surface area contributed by atoms with E-state index in [-0.39, 0.29) is 0 Å². The van der Waals surface area contributed by atoms with Crippen LogP contribution in [0.25, 0.3) is 0 Å². The lowest BCUT2D eigenvalue weighted by molar-refractivity contribution is 0.185. The van der Waals surface area contributed by atoms with E-state index in [4.69, 9.17) is 4.74 Å². The molecule has 1 aromatic carbocycles. The third kappa shape index (κ3) is 5.61. The van der Waals surface area contributed by atoms with Crippen molar-refractivity contribution in [2.24, 2.45) is 0 Å². The van der Waals surface area contributed by atoms with E-state index in [1.54, 1.807) is 7.11 Å². The minimum absolute atomic E-state index is 0.698. The van der Waals surface area contributed by atoms with E-state index in [0.717, 1.165) is 13.1 Å². The molecule has 0 amide bonds. The molecule has 0 unspecified atom stereocenters. The molecule has 0 bridgehead atoms. The summed E-state index contributed by atoms with van der Waals surface area (Å²) in [6, 6.07) is 8.67. The first-order chi connectivity index (χ1) is 9.88. The van der Waals surface area contributed by atoms with Gasteiger partial charge in [-0.15, -0.1) is 0 Å². The van der Waals surface area contributed by atoms with Gasteiger partial charge in [-0.05, 0) is 56.6 Å². The molecule has 1 fully saturated rings. The summed E-state index contributed by atoms with van der Waals surface area (Å²) < 4.78 is 5.12. The topological polar surface area (TPSA) is 24.5 Å². The molecule has 1 saturated heterocycles. The molecule has 2 rings (SSSR count). The van der Waals surface area contributed by atoms with Gasteiger partial charge in [-0.1, -0.05) is 30.7 Å². The van der Waals surface area contributed by atoms with Crippen LogP contribution in [0.4, 0.5) is 0 Å². The Labute approximate surface area is 123 Å². The van der Waals surface area contributed by atoms with Crippen molar-refractivity contribution < 1.29 is 4.74 Å². The standard InChI is InChI=1S/C17H28N2O/c1-20-15-17-8-6-16(7-9-17)14-18-10-5-13-19-11-3-2-4-12-19/h6-9,18H,2-5,10-15H2,1H3. The zero-order valence-electron chi connectivity index (χ0n) is 12.7. The van der Waals surface area contributed by atoms with E-state index in [2.05, 4.69) is 34.5 Å². The number of piperidine rings is 1. The van der Waals surface area contributed by atoms with Gasteiger partial charge in [0.2, 0.25) is 0 Å². The van der Waals surface area contributed by atoms with Gasteiger partial charge in [0.05, 0.1) is 6.61 Å². The minimum Gasteiger partial charge on any atom is -0.380 e. The number of hydrogen-bond acceptors (Lipinski definition) is 3. The second kappa shape index (κ2) is 9.11. The Hall–Kier alpha value is -0.900. The van der Waals surface area contributed by atoms with Crippen LogP contribution in [-0.2, 0) is 17.9 Å². The Bertz CT molecular complexity index is 358. The summed E-state index contributed by atoms with van der Waals surface area (Å²) in [5.74, 6) is 0. The quantitative estimate of drug-likeness (QED) is 0.739. The molecule has 1 aromatic rings. The summed E-state index contributed by atoms with van der Waals surface area (Å²) in [5, 5.41) is 3.53. The Morgan fingerprint density at radius 2 is 1.75 bits per heavy atom. The predicted octanol–water partition coefficient (Wildman–Crippen LogP) is 2.80. The molecule has 20 heavy (non-hydrogen) atoms. The maximum atomic E-state index is 5.12. The van der Waals surface area contributed by atoms with E-state index in [1.807, 2.05) is 0 Å². The van der Waals surface area contributed by atoms with Gasteiger partial charge in [0.15, 0.2) is 0 Å². The number of nitrogens with zero attached hydrogens (tertiary/aromatic N) is 1. The summed E-state index contributed by atoms with van der Waals surface area (Å²) in [6.07, 6.45) is 5.46. The van der Waals surface area contributed by atoms with Gasteiger partial charge < -0.3 is 15.0 Å². The van der Waals surface area contributed by atoms with Gasteiger partial charge in [-0.25, -0.2) is 0 Å². The highest BCUT2D eigenvalue weighted by Crippen LogP contribution is 2.08. The number of methoxy groups -OCH3 is 1. The molecule has 1 heterocycles. The van der Waals surface area contributed by atoms with Crippen molar-refractivity contribution in [3.8, 4) is 0 Å². The maximum Gasteiger partial charge on any atom is 0.0713 e. The number of ether oxygens (including phenoxy) is 1. The molecule has 0 aromatic heterocycles. The van der Waals surface area contributed by atoms with Gasteiger partial charge in [0.1, 0.15) is 0 Å². The molecule has 0 aliphatic carbocycles. The zero-order valence-corrected chi connectivity index (χ0v) is 12.7. The van der Waals surface area contributed by atoms with E-state index in [0.29, 0.717) is 6.61 Å². The smallest absolute Gasteiger partial charge is 0.0713 e. The summed E-state index contributed by atoms with van der Waals surface area (Å²) in [5.41, 5.74) is 2.59. The third-order valence-corrected chi connectivity index (χ3v) is 3.94. The molecular formula is C17H28N2O. The van der Waals surface area contributed by atoms with Gasteiger partial charge in [0, 0.05) is 13.7 Å². The lowest BCUT2D eigenvalue weighted by atomic mass is 10.1. The maximum absolute atomic E-state index is 5.12. The number of likely N-dealkylation sites (tertiary alicyclic amines) is 1. The minimum atomic E-state index is 0.698. The van der Waals surface area contributed by atoms with Gasteiger partial charge in [-0.2, -0.15) is 0 Å². The average Bonchev–Trinajstić information content (AvgIpc) is 2.50. The lowest BCUT2D eigenvalue weighted by Gasteiger charge is -2.26. The predicted molar refractivity (Wildman–Crippen MR) is 83.8 cm³/mol. The highest BCUT2D eigenvalue weighted by atomic mass is 16.5. The van der Waals surface area contributed by atoms with Crippen LogP contribution in [0.3, 0.4) is 0 Å². The highest BCUT2D eigenvalue weighted by Gasteiger charge is 2.08. The Morgan fingerprint density at radius 1 is 1.05 bits per heavy atom. The normalized spacial score (nSPS) is 16.4. The molecule has 0 spiro atoms. The van der Waals surface area contributed by atoms with Crippen molar-refractivity contribution in [3.63, 3.8) is 0 Å². The van der Waals surface area contributed by atoms with E-state index in [9.17, 15) is 0 Å². The molecule has 3 heteroatoms. The molecule has 0 radical (unpaired) electrons. The van der Waals surface area contributed by atoms with Gasteiger partial charge in [0.25, 0.3) is 0 Å². The van der Waals surface area contributed by atoms with E-state index >= 15 is 0 Å². The molecule has 0 saturated carbocycles. The monoisotopic (exact) mass is 276 g/mol. The summed E-state index contributed by atoms with van der Waals surface area (Å²) in [7, 11) is 1.73. The fourth-order valence-electron chi connectivity index (χ4n) is 2.76. The first-order valence-electron chi connectivity index (χ1n) is 7.88. The van der Waals surface area contributed by atoms with Gasteiger partial charge in [-0.3, -0.25) is 0 Å². The highest BCUT2D eigenvalue weighted by molar-refractivity contribution is 5.21. The Morgan fingerprint density at radius 3 is 2.45 bits per heavy atom. The largest absolute Gasteiger partial charge is 0.380 e. The number of benzene rings is 1. The van der Waals surface area contributed by atoms with Crippen molar-refractivity contribution in [2.75, 3.05) is 33.3 Å². The molecule has 1 aliphatic rings. The van der Waals surface area contributed by atoms with Crippen LogP contribution >= 0.6 is 0 Å². The van der Waals surface area contributed by atoms with Crippen LogP contribution in [0.5, 0.6) is 0 Å². The Balaban J connectivity index is 1.56. The molecule has 1 N–H and O–H groups in total. The fraction of sp³-hybridized carbons (Fsp3) is 0.647. The average molecular weight is 276 g/mol. The van der Waals surface area contributed by atoms with Crippen LogP contribution in [0.2, 0.25) is 0 Å². The second-order valence-corrected chi connectivity index (χ2v) is 5.68. The SMILES string of the molecule is COCc1ccc(CNCCCN2CCCCC2)cc1. The van der Waals surface area contributed by atoms with Crippen molar-refractivity contribution in [2.45, 2.75) is 38.8 Å². The number of rotatable bonds is 8. The van der Waals surface area contributed by atoms with Gasteiger partial charge >= 0.3 is 0 Å². The van der Waals surface area contributed by atoms with Crippen LogP contribution in [-0.4, -0.2) is 38.2 Å². The van der Waals surface area contributed by atoms with E-state index < -0.39 is 0 Å². The van der Waals surface area contributed by atoms with Crippen LogP contribution in [0.15, 0.2) is 24.3 Å². The molecule has 112 valence electrons. The van der Waals surface area contributed by atoms with Crippen molar-refractivity contribution >= 4 is 0 Å². The lowest BCUT2D eigenvalue weighted by Crippen LogP contribution is -2.32. The first-order valence-corrected chi connectivity index (χ1v) is 7.88. The molecule has 3 nitrogen and oxygen atoms in total. The fourth-order valence-corrected chi connectivity index (χ4v) is 2.76. The molecule has 0 atom stereocenters. The summed E-state index contributed by atoms with van der Waals surface area (Å²) in [6.45, 7) is 6.63. The third-order valence-electron chi connectivity index (χ3n) is 3.94. The number of hydrogen-bond donors (Lipinski definition) is 1. The first kappa shape index (κ1) is 15.5. The molecular weight excluding hydrogens is 248 g/mol. The van der Waals surface area contributed by atoms with Crippen LogP contribution in [0, 0.1) is 0 Å². The van der Waals surface area contributed by atoms with Crippen molar-refractivity contribution in [1.29, 1.82) is 0 Å². The zero-order chi connectivity index (χ0) is 14.0. The second-order valence-electron chi connectivity index (χ2n) is 5.68. The van der Waals surface area contributed by atoms with Crippen LogP contribution < -0.4 is 5.32 Å². The van der Waals surface area contributed by atoms with Crippen molar-refractivity contribution in [3.05, 3.63) is 35.4 Å². The molecule has 1 aliphatic heterocycles. The van der Waals surface area contributed by atoms with Crippen molar-refractivity contribution in [1.82, 2.24) is 10.2 Å². The van der Waals surface area contributed by atoms with Crippen LogP contribution in [0.1, 0.15) is 36.8 Å².